The molecule has 0 aliphatic carbocycles. The van der Waals surface area contributed by atoms with Crippen LogP contribution >= 0.6 is 22.9 Å². The van der Waals surface area contributed by atoms with Gasteiger partial charge in [-0.1, -0.05) is 11.6 Å². The van der Waals surface area contributed by atoms with Crippen LogP contribution in [-0.4, -0.2) is 22.4 Å². The summed E-state index contributed by atoms with van der Waals surface area (Å²) < 4.78 is 0. The van der Waals surface area contributed by atoms with E-state index in [9.17, 15) is 4.79 Å². The number of carbonyl (C=O) groups is 1. The fraction of sp³-hybridized carbons (Fsp3) is 0.308. The number of anilines is 1. The molecule has 0 radical (unpaired) electrons. The molecule has 0 unspecified atom stereocenters. The minimum Gasteiger partial charge on any atom is -0.370 e. The number of nitrogens with one attached hydrogen (secondary N) is 2. The van der Waals surface area contributed by atoms with Crippen molar-refractivity contribution in [2.45, 2.75) is 20.4 Å². The normalized spacial score (nSPS) is 10.3. The third-order valence-corrected chi connectivity index (χ3v) is 3.53. The average molecular weight is 311 g/mol. The number of carbonyl (C=O) groups excluding carboxylic acids is 1. The van der Waals surface area contributed by atoms with Gasteiger partial charge < -0.3 is 10.6 Å². The zero-order chi connectivity index (χ0) is 14.5. The fourth-order valence-electron chi connectivity index (χ4n) is 1.66. The molecule has 0 fully saturated rings. The predicted molar refractivity (Wildman–Crippen MR) is 81.4 cm³/mol. The highest BCUT2D eigenvalue weighted by atomic mass is 35.5. The lowest BCUT2D eigenvalue weighted by molar-refractivity contribution is 0.0950. The van der Waals surface area contributed by atoms with Gasteiger partial charge in [-0.05, 0) is 26.0 Å². The molecule has 20 heavy (non-hydrogen) atoms. The zero-order valence-electron chi connectivity index (χ0n) is 11.2. The van der Waals surface area contributed by atoms with Crippen molar-refractivity contribution >= 4 is 34.7 Å². The highest BCUT2D eigenvalue weighted by Crippen LogP contribution is 2.15. The summed E-state index contributed by atoms with van der Waals surface area (Å²) in [6.07, 6.45) is 0. The van der Waals surface area contributed by atoms with Gasteiger partial charge >= 0.3 is 0 Å². The number of nitrogens with zero attached hydrogens (tertiary/aromatic N) is 2. The Bertz CT molecular complexity index is 614. The molecule has 2 N–H and O–H groups in total. The Kier molecular flexibility index (Phi) is 4.92. The summed E-state index contributed by atoms with van der Waals surface area (Å²) in [5.74, 6) is 0.397. The lowest BCUT2D eigenvalue weighted by atomic mass is 10.2. The van der Waals surface area contributed by atoms with Crippen molar-refractivity contribution in [1.29, 1.82) is 0 Å². The number of aromatic nitrogens is 2. The van der Waals surface area contributed by atoms with Crippen molar-refractivity contribution in [1.82, 2.24) is 15.3 Å². The van der Waals surface area contributed by atoms with Gasteiger partial charge in [-0.2, -0.15) is 0 Å². The van der Waals surface area contributed by atoms with E-state index in [0.717, 1.165) is 10.7 Å². The van der Waals surface area contributed by atoms with Gasteiger partial charge in [0.1, 0.15) is 11.0 Å². The topological polar surface area (TPSA) is 66.9 Å². The molecule has 106 valence electrons. The number of pyridine rings is 1. The van der Waals surface area contributed by atoms with E-state index in [2.05, 4.69) is 20.6 Å². The van der Waals surface area contributed by atoms with Crippen LogP contribution in [0.15, 0.2) is 17.5 Å². The molecule has 0 atom stereocenters. The summed E-state index contributed by atoms with van der Waals surface area (Å²) in [5, 5.41) is 9.05. The Morgan fingerprint density at radius 3 is 2.85 bits per heavy atom. The number of halogens is 1. The molecule has 1 amide bonds. The third-order valence-electron chi connectivity index (χ3n) is 2.51. The molecule has 2 aromatic rings. The predicted octanol–water partition coefficient (Wildman–Crippen LogP) is 2.86. The average Bonchev–Trinajstić information content (AvgIpc) is 2.81. The number of thiazole rings is 1. The van der Waals surface area contributed by atoms with Gasteiger partial charge in [-0.25, -0.2) is 9.97 Å². The first kappa shape index (κ1) is 14.7. The van der Waals surface area contributed by atoms with E-state index in [0.29, 0.717) is 24.5 Å². The summed E-state index contributed by atoms with van der Waals surface area (Å²) in [7, 11) is 0. The van der Waals surface area contributed by atoms with E-state index in [-0.39, 0.29) is 11.1 Å². The molecule has 5 nitrogen and oxygen atoms in total. The summed E-state index contributed by atoms with van der Waals surface area (Å²) in [6.45, 7) is 5.00. The largest absolute Gasteiger partial charge is 0.370 e. The van der Waals surface area contributed by atoms with Crippen LogP contribution in [0.4, 0.5) is 5.82 Å². The maximum Gasteiger partial charge on any atom is 0.251 e. The molecule has 0 spiro atoms. The van der Waals surface area contributed by atoms with Crippen molar-refractivity contribution in [3.8, 4) is 0 Å². The first-order valence-electron chi connectivity index (χ1n) is 6.19. The first-order valence-corrected chi connectivity index (χ1v) is 7.45. The van der Waals surface area contributed by atoms with E-state index >= 15 is 0 Å². The van der Waals surface area contributed by atoms with Crippen LogP contribution in [-0.2, 0) is 6.54 Å². The lowest BCUT2D eigenvalue weighted by Crippen LogP contribution is -2.23. The Balaban J connectivity index is 2.04. The quantitative estimate of drug-likeness (QED) is 0.833. The molecule has 7 heteroatoms. The van der Waals surface area contributed by atoms with E-state index in [1.54, 1.807) is 23.5 Å². The number of hydrogen-bond donors (Lipinski definition) is 2. The van der Waals surface area contributed by atoms with E-state index < -0.39 is 0 Å². The summed E-state index contributed by atoms with van der Waals surface area (Å²) >= 11 is 7.47. The molecule has 0 saturated heterocycles. The highest BCUT2D eigenvalue weighted by Gasteiger charge is 2.09. The Labute approximate surface area is 126 Å². The molecule has 0 aromatic carbocycles. The van der Waals surface area contributed by atoms with Crippen molar-refractivity contribution in [2.75, 3.05) is 11.9 Å². The summed E-state index contributed by atoms with van der Waals surface area (Å²) in [4.78, 5) is 20.5. The van der Waals surface area contributed by atoms with Crippen LogP contribution < -0.4 is 10.6 Å². The van der Waals surface area contributed by atoms with E-state index in [4.69, 9.17) is 11.6 Å². The summed E-state index contributed by atoms with van der Waals surface area (Å²) in [5.41, 5.74) is 1.33. The van der Waals surface area contributed by atoms with Gasteiger partial charge in [0.05, 0.1) is 17.2 Å². The molecule has 0 bridgehead atoms. The monoisotopic (exact) mass is 310 g/mol. The first-order chi connectivity index (χ1) is 9.58. The maximum atomic E-state index is 12.1. The van der Waals surface area contributed by atoms with Crippen LogP contribution in [0.1, 0.15) is 28.0 Å². The van der Waals surface area contributed by atoms with Crippen LogP contribution in [0, 0.1) is 6.92 Å². The van der Waals surface area contributed by atoms with Crippen molar-refractivity contribution < 1.29 is 4.79 Å². The number of rotatable bonds is 5. The standard InChI is InChI=1S/C13H15ClN4OS/c1-3-15-12-5-9(4-11(14)18-12)13(19)16-6-10-7-20-8(2)17-10/h4-5,7H,3,6H2,1-2H3,(H,15,18)(H,16,19). The molecular formula is C13H15ClN4OS. The van der Waals surface area contributed by atoms with Gasteiger partial charge in [0.15, 0.2) is 0 Å². The van der Waals surface area contributed by atoms with Gasteiger partial charge in [0.2, 0.25) is 0 Å². The van der Waals surface area contributed by atoms with Gasteiger partial charge in [-0.15, -0.1) is 11.3 Å². The van der Waals surface area contributed by atoms with Crippen LogP contribution in [0.2, 0.25) is 5.15 Å². The molecular weight excluding hydrogens is 296 g/mol. The highest BCUT2D eigenvalue weighted by molar-refractivity contribution is 7.09. The van der Waals surface area contributed by atoms with E-state index in [1.165, 1.54) is 0 Å². The van der Waals surface area contributed by atoms with Gasteiger partial charge in [0, 0.05) is 17.5 Å². The Hall–Kier alpha value is -1.66. The SMILES string of the molecule is CCNc1cc(C(=O)NCc2csc(C)n2)cc(Cl)n1. The molecule has 0 aliphatic heterocycles. The second-order valence-corrected chi connectivity index (χ2v) is 5.58. The fourth-order valence-corrected chi connectivity index (χ4v) is 2.48. The third kappa shape index (κ3) is 3.91. The molecule has 0 aliphatic rings. The lowest BCUT2D eigenvalue weighted by Gasteiger charge is -2.07. The minimum atomic E-state index is -0.195. The smallest absolute Gasteiger partial charge is 0.251 e. The second kappa shape index (κ2) is 6.67. The number of aryl methyl sites for hydroxylation is 1. The second-order valence-electron chi connectivity index (χ2n) is 4.13. The van der Waals surface area contributed by atoms with Gasteiger partial charge in [-0.3, -0.25) is 4.79 Å². The number of hydrogen-bond acceptors (Lipinski definition) is 5. The van der Waals surface area contributed by atoms with Crippen LogP contribution in [0.3, 0.4) is 0 Å². The van der Waals surface area contributed by atoms with Crippen LogP contribution in [0.25, 0.3) is 0 Å². The minimum absolute atomic E-state index is 0.195. The molecule has 0 saturated carbocycles. The van der Waals surface area contributed by atoms with E-state index in [1.807, 2.05) is 19.2 Å². The molecule has 2 rings (SSSR count). The van der Waals surface area contributed by atoms with Crippen molar-refractivity contribution in [2.24, 2.45) is 0 Å². The number of amides is 1. The van der Waals surface area contributed by atoms with Crippen LogP contribution in [0.5, 0.6) is 0 Å². The van der Waals surface area contributed by atoms with Crippen molar-refractivity contribution in [3.63, 3.8) is 0 Å². The Morgan fingerprint density at radius 1 is 1.40 bits per heavy atom. The van der Waals surface area contributed by atoms with Crippen molar-refractivity contribution in [3.05, 3.63) is 38.9 Å². The molecule has 2 aromatic heterocycles. The maximum absolute atomic E-state index is 12.1. The Morgan fingerprint density at radius 2 is 2.20 bits per heavy atom. The summed E-state index contributed by atoms with van der Waals surface area (Å²) in [6, 6.07) is 3.22. The van der Waals surface area contributed by atoms with Gasteiger partial charge in [0.25, 0.3) is 5.91 Å². The zero-order valence-corrected chi connectivity index (χ0v) is 12.8. The molecule has 2 heterocycles.